The predicted octanol–water partition coefficient (Wildman–Crippen LogP) is 4.04. The van der Waals surface area contributed by atoms with Gasteiger partial charge >= 0.3 is 0 Å². The van der Waals surface area contributed by atoms with E-state index in [1.807, 2.05) is 23.5 Å². The maximum absolute atomic E-state index is 5.19. The Hall–Kier alpha value is -1.32. The van der Waals surface area contributed by atoms with E-state index in [0.717, 1.165) is 24.6 Å². The van der Waals surface area contributed by atoms with E-state index in [1.54, 1.807) is 7.11 Å². The van der Waals surface area contributed by atoms with Gasteiger partial charge in [0.15, 0.2) is 0 Å². The van der Waals surface area contributed by atoms with E-state index in [-0.39, 0.29) is 0 Å². The summed E-state index contributed by atoms with van der Waals surface area (Å²) in [6.07, 6.45) is 3.81. The van der Waals surface area contributed by atoms with Crippen molar-refractivity contribution in [2.75, 3.05) is 13.7 Å². The van der Waals surface area contributed by atoms with Crippen molar-refractivity contribution in [3.05, 3.63) is 52.2 Å². The Morgan fingerprint density at radius 2 is 2.05 bits per heavy atom. The molecule has 0 spiro atoms. The van der Waals surface area contributed by atoms with Crippen LogP contribution < -0.4 is 10.1 Å². The van der Waals surface area contributed by atoms with Crippen LogP contribution in [-0.2, 0) is 6.42 Å². The van der Waals surface area contributed by atoms with Gasteiger partial charge in [-0.05, 0) is 60.9 Å². The zero-order chi connectivity index (χ0) is 13.8. The summed E-state index contributed by atoms with van der Waals surface area (Å²) in [5.74, 6) is 1.78. The highest BCUT2D eigenvalue weighted by Gasteiger charge is 2.32. The van der Waals surface area contributed by atoms with E-state index in [4.69, 9.17) is 4.74 Å². The first-order chi connectivity index (χ1) is 9.86. The smallest absolute Gasteiger partial charge is 0.118 e. The Morgan fingerprint density at radius 3 is 2.65 bits per heavy atom. The molecule has 1 fully saturated rings. The Labute approximate surface area is 124 Å². The number of methoxy groups -OCH3 is 1. The molecule has 0 aliphatic heterocycles. The fourth-order valence-corrected chi connectivity index (χ4v) is 3.46. The summed E-state index contributed by atoms with van der Waals surface area (Å²) in [6.45, 7) is 1.03. The molecule has 1 saturated carbocycles. The van der Waals surface area contributed by atoms with Crippen molar-refractivity contribution >= 4 is 11.3 Å². The van der Waals surface area contributed by atoms with Crippen molar-refractivity contribution in [2.24, 2.45) is 5.92 Å². The van der Waals surface area contributed by atoms with Crippen molar-refractivity contribution in [1.82, 2.24) is 5.32 Å². The number of ether oxygens (including phenoxy) is 1. The molecule has 1 atom stereocenters. The Bertz CT molecular complexity index is 516. The Balaban J connectivity index is 1.52. The molecule has 0 bridgehead atoms. The van der Waals surface area contributed by atoms with Crippen molar-refractivity contribution in [1.29, 1.82) is 0 Å². The highest BCUT2D eigenvalue weighted by Crippen LogP contribution is 2.42. The van der Waals surface area contributed by atoms with Crippen LogP contribution in [0.3, 0.4) is 0 Å². The van der Waals surface area contributed by atoms with E-state index in [0.29, 0.717) is 6.04 Å². The molecular weight excluding hydrogens is 266 g/mol. The quantitative estimate of drug-likeness (QED) is 0.830. The molecule has 0 saturated heterocycles. The predicted molar refractivity (Wildman–Crippen MR) is 84.5 cm³/mol. The molecule has 20 heavy (non-hydrogen) atoms. The summed E-state index contributed by atoms with van der Waals surface area (Å²) in [7, 11) is 1.71. The van der Waals surface area contributed by atoms with Gasteiger partial charge in [-0.3, -0.25) is 0 Å². The van der Waals surface area contributed by atoms with E-state index in [1.165, 1.54) is 23.3 Å². The zero-order valence-electron chi connectivity index (χ0n) is 11.8. The summed E-state index contributed by atoms with van der Waals surface area (Å²) in [4.78, 5) is 1.49. The van der Waals surface area contributed by atoms with Gasteiger partial charge in [-0.1, -0.05) is 18.2 Å². The third-order valence-corrected chi connectivity index (χ3v) is 4.84. The molecular formula is C17H21NOS. The third kappa shape index (κ3) is 3.41. The fourth-order valence-electron chi connectivity index (χ4n) is 2.56. The van der Waals surface area contributed by atoms with Crippen molar-refractivity contribution in [3.63, 3.8) is 0 Å². The number of hydrogen-bond acceptors (Lipinski definition) is 3. The molecule has 3 rings (SSSR count). The first kappa shape index (κ1) is 13.7. The molecule has 2 nitrogen and oxygen atoms in total. The highest BCUT2D eigenvalue weighted by molar-refractivity contribution is 7.10. The second-order valence-electron chi connectivity index (χ2n) is 5.38. The van der Waals surface area contributed by atoms with Gasteiger partial charge in [0.1, 0.15) is 5.75 Å². The molecule has 1 aromatic heterocycles. The molecule has 3 heteroatoms. The lowest BCUT2D eigenvalue weighted by atomic mass is 10.1. The SMILES string of the molecule is COc1ccc(CCNC(c2cccs2)C2CC2)cc1. The molecule has 0 radical (unpaired) electrons. The monoisotopic (exact) mass is 287 g/mol. The van der Waals surface area contributed by atoms with Gasteiger partial charge in [-0.25, -0.2) is 0 Å². The molecule has 2 aromatic rings. The van der Waals surface area contributed by atoms with Gasteiger partial charge < -0.3 is 10.1 Å². The molecule has 1 N–H and O–H groups in total. The summed E-state index contributed by atoms with van der Waals surface area (Å²) in [6, 6.07) is 13.3. The summed E-state index contributed by atoms with van der Waals surface area (Å²) in [5, 5.41) is 5.92. The third-order valence-electron chi connectivity index (χ3n) is 3.88. The first-order valence-corrected chi connectivity index (χ1v) is 8.14. The molecule has 1 unspecified atom stereocenters. The van der Waals surface area contributed by atoms with Gasteiger partial charge in [0, 0.05) is 10.9 Å². The number of thiophene rings is 1. The standard InChI is InChI=1S/C17H21NOS/c1-19-15-8-4-13(5-9-15)10-11-18-17(14-6-7-14)16-3-2-12-20-16/h2-5,8-9,12,14,17-18H,6-7,10-11H2,1H3. The summed E-state index contributed by atoms with van der Waals surface area (Å²) >= 11 is 1.87. The second-order valence-corrected chi connectivity index (χ2v) is 6.36. The van der Waals surface area contributed by atoms with E-state index in [9.17, 15) is 0 Å². The summed E-state index contributed by atoms with van der Waals surface area (Å²) in [5.41, 5.74) is 1.36. The number of benzene rings is 1. The molecule has 106 valence electrons. The first-order valence-electron chi connectivity index (χ1n) is 7.26. The lowest BCUT2D eigenvalue weighted by Crippen LogP contribution is -2.24. The minimum atomic E-state index is 0.563. The van der Waals surface area contributed by atoms with Crippen LogP contribution in [0.2, 0.25) is 0 Å². The molecule has 1 aliphatic rings. The van der Waals surface area contributed by atoms with Crippen LogP contribution in [0.15, 0.2) is 41.8 Å². The molecule has 1 aliphatic carbocycles. The Kier molecular flexibility index (Phi) is 4.38. The van der Waals surface area contributed by atoms with Crippen LogP contribution >= 0.6 is 11.3 Å². The number of rotatable bonds is 7. The Morgan fingerprint density at radius 1 is 1.25 bits per heavy atom. The highest BCUT2D eigenvalue weighted by atomic mass is 32.1. The van der Waals surface area contributed by atoms with Crippen LogP contribution in [0.4, 0.5) is 0 Å². The lowest BCUT2D eigenvalue weighted by Gasteiger charge is -2.16. The van der Waals surface area contributed by atoms with Gasteiger partial charge in [-0.15, -0.1) is 11.3 Å². The van der Waals surface area contributed by atoms with E-state index >= 15 is 0 Å². The number of nitrogens with one attached hydrogen (secondary N) is 1. The minimum Gasteiger partial charge on any atom is -0.497 e. The van der Waals surface area contributed by atoms with Gasteiger partial charge in [-0.2, -0.15) is 0 Å². The average Bonchev–Trinajstić information content (AvgIpc) is 3.18. The van der Waals surface area contributed by atoms with Gasteiger partial charge in [0.25, 0.3) is 0 Å². The van der Waals surface area contributed by atoms with Crippen LogP contribution in [-0.4, -0.2) is 13.7 Å². The van der Waals surface area contributed by atoms with Gasteiger partial charge in [0.2, 0.25) is 0 Å². The maximum atomic E-state index is 5.19. The molecule has 0 amide bonds. The minimum absolute atomic E-state index is 0.563. The molecule has 1 aromatic carbocycles. The zero-order valence-corrected chi connectivity index (χ0v) is 12.7. The average molecular weight is 287 g/mol. The van der Waals surface area contributed by atoms with Crippen LogP contribution in [0.25, 0.3) is 0 Å². The van der Waals surface area contributed by atoms with Crippen molar-refractivity contribution < 1.29 is 4.74 Å². The second kappa shape index (κ2) is 6.42. The van der Waals surface area contributed by atoms with Gasteiger partial charge in [0.05, 0.1) is 7.11 Å². The largest absolute Gasteiger partial charge is 0.497 e. The van der Waals surface area contributed by atoms with Crippen molar-refractivity contribution in [3.8, 4) is 5.75 Å². The number of hydrogen-bond donors (Lipinski definition) is 1. The van der Waals surface area contributed by atoms with Crippen molar-refractivity contribution in [2.45, 2.75) is 25.3 Å². The fraction of sp³-hybridized carbons (Fsp3) is 0.412. The van der Waals surface area contributed by atoms with Crippen LogP contribution in [0.1, 0.15) is 29.3 Å². The van der Waals surface area contributed by atoms with E-state index < -0.39 is 0 Å². The summed E-state index contributed by atoms with van der Waals surface area (Å²) < 4.78 is 5.19. The molecule has 1 heterocycles. The van der Waals surface area contributed by atoms with E-state index in [2.05, 4.69) is 35.0 Å². The van der Waals surface area contributed by atoms with Crippen LogP contribution in [0, 0.1) is 5.92 Å². The van der Waals surface area contributed by atoms with Crippen LogP contribution in [0.5, 0.6) is 5.75 Å². The normalized spacial score (nSPS) is 16.1. The topological polar surface area (TPSA) is 21.3 Å². The lowest BCUT2D eigenvalue weighted by molar-refractivity contribution is 0.414. The maximum Gasteiger partial charge on any atom is 0.118 e.